The van der Waals surface area contributed by atoms with Gasteiger partial charge in [-0.2, -0.15) is 0 Å². The highest BCUT2D eigenvalue weighted by Crippen LogP contribution is 2.38. The summed E-state index contributed by atoms with van der Waals surface area (Å²) in [4.78, 5) is 0. The Morgan fingerprint density at radius 1 is 1.14 bits per heavy atom. The Morgan fingerprint density at radius 2 is 1.91 bits per heavy atom. The highest BCUT2D eigenvalue weighted by Gasteiger charge is 2.30. The van der Waals surface area contributed by atoms with Crippen LogP contribution in [0.3, 0.4) is 0 Å². The van der Waals surface area contributed by atoms with Crippen molar-refractivity contribution in [2.75, 3.05) is 6.61 Å². The van der Waals surface area contributed by atoms with E-state index < -0.39 is 13.4 Å². The van der Waals surface area contributed by atoms with E-state index in [1.54, 1.807) is 18.2 Å². The van der Waals surface area contributed by atoms with Gasteiger partial charge >= 0.3 is 7.32 Å². The van der Waals surface area contributed by atoms with Crippen molar-refractivity contribution in [3.63, 3.8) is 0 Å². The predicted octanol–water partition coefficient (Wildman–Crippen LogP) is 1.32. The highest BCUT2D eigenvalue weighted by atomic mass is 16.6. The maximum absolute atomic E-state index is 10.5. The Hall–Kier alpha value is -2.02. The average Bonchev–Trinajstić information content (AvgIpc) is 2.50. The number of benzene rings is 2. The molecule has 0 aromatic heterocycles. The van der Waals surface area contributed by atoms with Gasteiger partial charge in [-0.1, -0.05) is 30.3 Å². The molecule has 1 aliphatic heterocycles. The quantitative estimate of drug-likeness (QED) is 0.742. The number of hydrogen-bond acceptors (Lipinski definition) is 5. The summed E-state index contributed by atoms with van der Waals surface area (Å²) in [5, 5.41) is 28.2. The first-order valence-corrected chi connectivity index (χ1v) is 7.15. The second kappa shape index (κ2) is 6.40. The molecule has 0 bridgehead atoms. The summed E-state index contributed by atoms with van der Waals surface area (Å²) >= 11 is 0. The van der Waals surface area contributed by atoms with Gasteiger partial charge in [0.25, 0.3) is 0 Å². The van der Waals surface area contributed by atoms with Gasteiger partial charge in [0.2, 0.25) is 0 Å². The molecule has 2 aromatic carbocycles. The minimum atomic E-state index is -1.88. The van der Waals surface area contributed by atoms with E-state index in [4.69, 9.17) is 19.4 Å². The lowest BCUT2D eigenvalue weighted by molar-refractivity contribution is 0.0507. The van der Waals surface area contributed by atoms with E-state index in [-0.39, 0.29) is 11.7 Å². The zero-order valence-corrected chi connectivity index (χ0v) is 11.9. The second-order valence-electron chi connectivity index (χ2n) is 5.35. The van der Waals surface area contributed by atoms with Gasteiger partial charge in [-0.3, -0.25) is 0 Å². The van der Waals surface area contributed by atoms with E-state index in [0.717, 1.165) is 12.0 Å². The van der Waals surface area contributed by atoms with Crippen molar-refractivity contribution in [3.05, 3.63) is 59.7 Å². The lowest BCUT2D eigenvalue weighted by Gasteiger charge is -2.30. The van der Waals surface area contributed by atoms with E-state index >= 15 is 0 Å². The van der Waals surface area contributed by atoms with Crippen LogP contribution >= 0.6 is 0 Å². The van der Waals surface area contributed by atoms with Gasteiger partial charge < -0.3 is 24.5 Å². The van der Waals surface area contributed by atoms with Crippen LogP contribution in [0.1, 0.15) is 17.2 Å². The van der Waals surface area contributed by atoms with Crippen LogP contribution in [-0.4, -0.2) is 29.1 Å². The molecule has 0 amide bonds. The van der Waals surface area contributed by atoms with Crippen LogP contribution in [-0.2, 0) is 6.42 Å². The van der Waals surface area contributed by atoms with Crippen LogP contribution in [0.25, 0.3) is 0 Å². The molecule has 114 valence electrons. The molecule has 2 aromatic rings. The predicted molar refractivity (Wildman–Crippen MR) is 81.4 cm³/mol. The normalized spacial score (nSPS) is 20.0. The second-order valence-corrected chi connectivity index (χ2v) is 5.35. The Labute approximate surface area is 128 Å². The topological polar surface area (TPSA) is 79.2 Å². The SMILES string of the molecule is OB(O)Oc1ccc2c(c1)OCC(Cc1ccccc1)C2O. The van der Waals surface area contributed by atoms with Gasteiger partial charge in [-0.25, -0.2) is 0 Å². The van der Waals surface area contributed by atoms with Crippen molar-refractivity contribution >= 4 is 7.32 Å². The molecular formula is C16H17BO5. The van der Waals surface area contributed by atoms with Crippen LogP contribution in [0.5, 0.6) is 11.5 Å². The fourth-order valence-electron chi connectivity index (χ4n) is 2.71. The number of fused-ring (bicyclic) bond motifs is 1. The zero-order chi connectivity index (χ0) is 15.5. The fraction of sp³-hybridized carbons (Fsp3) is 0.250. The summed E-state index contributed by atoms with van der Waals surface area (Å²) in [7, 11) is -1.88. The van der Waals surface area contributed by atoms with Crippen molar-refractivity contribution in [1.29, 1.82) is 0 Å². The molecule has 0 saturated heterocycles. The third kappa shape index (κ3) is 3.25. The molecule has 2 atom stereocenters. The lowest BCUT2D eigenvalue weighted by Crippen LogP contribution is -2.28. The summed E-state index contributed by atoms with van der Waals surface area (Å²) < 4.78 is 10.5. The van der Waals surface area contributed by atoms with E-state index in [2.05, 4.69) is 0 Å². The molecule has 0 radical (unpaired) electrons. The smallest absolute Gasteiger partial charge is 0.512 e. The Balaban J connectivity index is 1.76. The van der Waals surface area contributed by atoms with Crippen LogP contribution in [0, 0.1) is 5.92 Å². The molecule has 3 N–H and O–H groups in total. The van der Waals surface area contributed by atoms with Gasteiger partial charge in [0.15, 0.2) is 0 Å². The maximum atomic E-state index is 10.5. The van der Waals surface area contributed by atoms with Crippen molar-refractivity contribution in [3.8, 4) is 11.5 Å². The van der Waals surface area contributed by atoms with E-state index in [1.807, 2.05) is 30.3 Å². The van der Waals surface area contributed by atoms with Crippen LogP contribution in [0.2, 0.25) is 0 Å². The van der Waals surface area contributed by atoms with Crippen molar-refractivity contribution < 1.29 is 24.5 Å². The summed E-state index contributed by atoms with van der Waals surface area (Å²) in [6.07, 6.45) is 0.103. The third-order valence-electron chi connectivity index (χ3n) is 3.79. The van der Waals surface area contributed by atoms with E-state index in [1.165, 1.54) is 0 Å². The number of rotatable bonds is 4. The number of aliphatic hydroxyl groups excluding tert-OH is 1. The van der Waals surface area contributed by atoms with E-state index in [0.29, 0.717) is 17.9 Å². The molecular weight excluding hydrogens is 283 g/mol. The summed E-state index contributed by atoms with van der Waals surface area (Å²) in [5.41, 5.74) is 1.84. The molecule has 6 heteroatoms. The van der Waals surface area contributed by atoms with Crippen molar-refractivity contribution in [2.24, 2.45) is 5.92 Å². The molecule has 0 spiro atoms. The first-order valence-electron chi connectivity index (χ1n) is 7.15. The zero-order valence-electron chi connectivity index (χ0n) is 11.9. The van der Waals surface area contributed by atoms with E-state index in [9.17, 15) is 5.11 Å². The molecule has 0 fully saturated rings. The monoisotopic (exact) mass is 300 g/mol. The Kier molecular flexibility index (Phi) is 4.33. The number of ether oxygens (including phenoxy) is 1. The number of hydrogen-bond donors (Lipinski definition) is 3. The third-order valence-corrected chi connectivity index (χ3v) is 3.79. The van der Waals surface area contributed by atoms with Gasteiger partial charge in [0.05, 0.1) is 12.7 Å². The molecule has 5 nitrogen and oxygen atoms in total. The first-order chi connectivity index (χ1) is 10.6. The molecule has 22 heavy (non-hydrogen) atoms. The fourth-order valence-corrected chi connectivity index (χ4v) is 2.71. The summed E-state index contributed by atoms with van der Waals surface area (Å²) in [5.74, 6) is 0.766. The van der Waals surface area contributed by atoms with Gasteiger partial charge in [0.1, 0.15) is 11.5 Å². The minimum Gasteiger partial charge on any atom is -0.512 e. The molecule has 0 aliphatic carbocycles. The molecule has 3 rings (SSSR count). The molecule has 1 heterocycles. The van der Waals surface area contributed by atoms with Gasteiger partial charge in [0, 0.05) is 17.5 Å². The largest absolute Gasteiger partial charge is 0.707 e. The number of aliphatic hydroxyl groups is 1. The van der Waals surface area contributed by atoms with Gasteiger partial charge in [-0.05, 0) is 24.1 Å². The lowest BCUT2D eigenvalue weighted by atomic mass is 9.88. The van der Waals surface area contributed by atoms with Crippen LogP contribution in [0.15, 0.2) is 48.5 Å². The van der Waals surface area contributed by atoms with Crippen LogP contribution < -0.4 is 9.39 Å². The molecule has 2 unspecified atom stereocenters. The average molecular weight is 300 g/mol. The Morgan fingerprint density at radius 3 is 2.64 bits per heavy atom. The minimum absolute atomic E-state index is 0.0231. The maximum Gasteiger partial charge on any atom is 0.707 e. The highest BCUT2D eigenvalue weighted by molar-refractivity contribution is 6.33. The van der Waals surface area contributed by atoms with Crippen molar-refractivity contribution in [1.82, 2.24) is 0 Å². The Bertz CT molecular complexity index is 632. The molecule has 0 saturated carbocycles. The van der Waals surface area contributed by atoms with Gasteiger partial charge in [-0.15, -0.1) is 0 Å². The van der Waals surface area contributed by atoms with Crippen molar-refractivity contribution in [2.45, 2.75) is 12.5 Å². The summed E-state index contributed by atoms with van der Waals surface area (Å²) in [6.45, 7) is 0.397. The first kappa shape index (κ1) is 14.9. The van der Waals surface area contributed by atoms with Crippen LogP contribution in [0.4, 0.5) is 0 Å². The summed E-state index contributed by atoms with van der Waals surface area (Å²) in [6, 6.07) is 14.8. The molecule has 1 aliphatic rings. The standard InChI is InChI=1S/C16H17BO5/c18-16-12(8-11-4-2-1-3-5-11)10-21-15-9-13(22-17(19)20)6-7-14(15)16/h1-7,9,12,16,18-20H,8,10H2.